The van der Waals surface area contributed by atoms with Gasteiger partial charge in [0.05, 0.1) is 14.2 Å². The molecule has 1 aromatic carbocycles. The average molecular weight is 322 g/mol. The third kappa shape index (κ3) is 5.05. The van der Waals surface area contributed by atoms with Crippen LogP contribution in [0.2, 0.25) is 0 Å². The highest BCUT2D eigenvalue weighted by atomic mass is 16.5. The Morgan fingerprint density at radius 2 is 1.74 bits per heavy atom. The molecule has 130 valence electrons. The van der Waals surface area contributed by atoms with E-state index in [1.54, 1.807) is 19.1 Å². The molecule has 0 fully saturated rings. The fraction of sp³-hybridized carbons (Fsp3) is 0.611. The zero-order valence-electron chi connectivity index (χ0n) is 15.2. The lowest BCUT2D eigenvalue weighted by Crippen LogP contribution is -2.41. The highest BCUT2D eigenvalue weighted by molar-refractivity contribution is 5.74. The van der Waals surface area contributed by atoms with Gasteiger partial charge in [0.2, 0.25) is 0 Å². The van der Waals surface area contributed by atoms with Gasteiger partial charge >= 0.3 is 6.03 Å². The van der Waals surface area contributed by atoms with E-state index < -0.39 is 0 Å². The van der Waals surface area contributed by atoms with Crippen LogP contribution in [0.15, 0.2) is 18.2 Å². The van der Waals surface area contributed by atoms with E-state index >= 15 is 0 Å². The summed E-state index contributed by atoms with van der Waals surface area (Å²) in [4.78, 5) is 13.9. The van der Waals surface area contributed by atoms with Crippen molar-refractivity contribution in [1.82, 2.24) is 10.2 Å². The first-order valence-electron chi connectivity index (χ1n) is 8.23. The first-order valence-corrected chi connectivity index (χ1v) is 8.23. The summed E-state index contributed by atoms with van der Waals surface area (Å²) in [7, 11) is 3.26. The van der Waals surface area contributed by atoms with Crippen LogP contribution >= 0.6 is 0 Å². The van der Waals surface area contributed by atoms with Crippen molar-refractivity contribution in [2.24, 2.45) is 5.92 Å². The quantitative estimate of drug-likeness (QED) is 0.797. The fourth-order valence-electron chi connectivity index (χ4n) is 2.64. The summed E-state index contributed by atoms with van der Waals surface area (Å²) in [6, 6.07) is 5.93. The Kier molecular flexibility index (Phi) is 7.72. The molecule has 0 saturated heterocycles. The molecule has 1 rings (SSSR count). The van der Waals surface area contributed by atoms with Gasteiger partial charge in [0, 0.05) is 25.6 Å². The lowest BCUT2D eigenvalue weighted by molar-refractivity contribution is 0.201. The largest absolute Gasteiger partial charge is 0.493 e. The minimum absolute atomic E-state index is 0.0128. The average Bonchev–Trinajstić information content (AvgIpc) is 2.55. The molecule has 2 amide bonds. The molecule has 0 heterocycles. The second-order valence-electron chi connectivity index (χ2n) is 5.82. The minimum Gasteiger partial charge on any atom is -0.493 e. The lowest BCUT2D eigenvalue weighted by Gasteiger charge is -2.25. The Bertz CT molecular complexity index is 499. The summed E-state index contributed by atoms with van der Waals surface area (Å²) in [6.07, 6.45) is 0. The van der Waals surface area contributed by atoms with Crippen LogP contribution in [0.4, 0.5) is 4.79 Å². The van der Waals surface area contributed by atoms with Gasteiger partial charge in [-0.25, -0.2) is 4.79 Å². The van der Waals surface area contributed by atoms with Gasteiger partial charge in [0.15, 0.2) is 11.5 Å². The molecule has 0 aliphatic carbocycles. The van der Waals surface area contributed by atoms with Crippen molar-refractivity contribution in [3.8, 4) is 11.5 Å². The van der Waals surface area contributed by atoms with Crippen LogP contribution in [0.1, 0.15) is 39.2 Å². The molecule has 1 atom stereocenters. The van der Waals surface area contributed by atoms with E-state index in [0.29, 0.717) is 37.1 Å². The van der Waals surface area contributed by atoms with E-state index in [1.165, 1.54) is 0 Å². The summed E-state index contributed by atoms with van der Waals surface area (Å²) >= 11 is 0. The van der Waals surface area contributed by atoms with Crippen molar-refractivity contribution in [3.63, 3.8) is 0 Å². The van der Waals surface area contributed by atoms with Crippen LogP contribution in [0, 0.1) is 5.92 Å². The lowest BCUT2D eigenvalue weighted by atomic mass is 9.88. The molecule has 0 spiro atoms. The highest BCUT2D eigenvalue weighted by Crippen LogP contribution is 2.33. The number of hydrogen-bond donors (Lipinski definition) is 1. The molecule has 0 radical (unpaired) electrons. The molecule has 0 aliphatic heterocycles. The van der Waals surface area contributed by atoms with Gasteiger partial charge in [-0.15, -0.1) is 0 Å². The molecule has 0 bridgehead atoms. The van der Waals surface area contributed by atoms with E-state index in [0.717, 1.165) is 5.56 Å². The molecule has 0 saturated carbocycles. The number of carbonyl (C=O) groups is 1. The summed E-state index contributed by atoms with van der Waals surface area (Å²) in [5, 5.41) is 3.05. The first kappa shape index (κ1) is 19.1. The van der Waals surface area contributed by atoms with Gasteiger partial charge in [0.25, 0.3) is 0 Å². The van der Waals surface area contributed by atoms with Gasteiger partial charge in [-0.05, 0) is 37.5 Å². The van der Waals surface area contributed by atoms with Crippen LogP contribution in [0.5, 0.6) is 11.5 Å². The smallest absolute Gasteiger partial charge is 0.317 e. The summed E-state index contributed by atoms with van der Waals surface area (Å²) in [5.41, 5.74) is 1.14. The van der Waals surface area contributed by atoms with Crippen molar-refractivity contribution < 1.29 is 14.3 Å². The van der Waals surface area contributed by atoms with Gasteiger partial charge in [0.1, 0.15) is 0 Å². The van der Waals surface area contributed by atoms with E-state index in [2.05, 4.69) is 19.2 Å². The van der Waals surface area contributed by atoms with Gasteiger partial charge in [-0.3, -0.25) is 0 Å². The number of ether oxygens (including phenoxy) is 2. The Morgan fingerprint density at radius 1 is 1.13 bits per heavy atom. The standard InChI is InChI=1S/C18H30N2O3/c1-7-20(8-2)18(21)19-12-15(13(3)4)14-9-10-16(22-5)17(11-14)23-6/h9-11,13,15H,7-8,12H2,1-6H3,(H,19,21). The highest BCUT2D eigenvalue weighted by Gasteiger charge is 2.20. The molecular formula is C18H30N2O3. The van der Waals surface area contributed by atoms with Crippen molar-refractivity contribution in [2.45, 2.75) is 33.6 Å². The van der Waals surface area contributed by atoms with Crippen LogP contribution in [-0.2, 0) is 0 Å². The number of rotatable bonds is 8. The third-order valence-electron chi connectivity index (χ3n) is 4.16. The van der Waals surface area contributed by atoms with Gasteiger partial charge in [-0.2, -0.15) is 0 Å². The Balaban J connectivity index is 2.89. The van der Waals surface area contributed by atoms with Crippen LogP contribution < -0.4 is 14.8 Å². The predicted octanol–water partition coefficient (Wildman–Crippen LogP) is 3.49. The fourth-order valence-corrected chi connectivity index (χ4v) is 2.64. The molecular weight excluding hydrogens is 292 g/mol. The number of nitrogens with zero attached hydrogens (tertiary/aromatic N) is 1. The molecule has 1 N–H and O–H groups in total. The van der Waals surface area contributed by atoms with E-state index in [9.17, 15) is 4.79 Å². The molecule has 1 unspecified atom stereocenters. The minimum atomic E-state index is -0.0128. The van der Waals surface area contributed by atoms with E-state index in [-0.39, 0.29) is 11.9 Å². The van der Waals surface area contributed by atoms with Gasteiger partial charge < -0.3 is 19.7 Å². The summed E-state index contributed by atoms with van der Waals surface area (Å²) in [6.45, 7) is 10.3. The SMILES string of the molecule is CCN(CC)C(=O)NCC(c1ccc(OC)c(OC)c1)C(C)C. The topological polar surface area (TPSA) is 50.8 Å². The zero-order valence-corrected chi connectivity index (χ0v) is 15.2. The molecule has 23 heavy (non-hydrogen) atoms. The second kappa shape index (κ2) is 9.28. The molecule has 5 heteroatoms. The Hall–Kier alpha value is -1.91. The Morgan fingerprint density at radius 3 is 2.22 bits per heavy atom. The maximum atomic E-state index is 12.2. The van der Waals surface area contributed by atoms with E-state index in [4.69, 9.17) is 9.47 Å². The Labute approximate surface area is 140 Å². The second-order valence-corrected chi connectivity index (χ2v) is 5.82. The van der Waals surface area contributed by atoms with Crippen molar-refractivity contribution >= 4 is 6.03 Å². The maximum absolute atomic E-state index is 12.2. The normalized spacial score (nSPS) is 12.0. The number of benzene rings is 1. The monoisotopic (exact) mass is 322 g/mol. The predicted molar refractivity (Wildman–Crippen MR) is 93.4 cm³/mol. The maximum Gasteiger partial charge on any atom is 0.317 e. The number of amides is 2. The van der Waals surface area contributed by atoms with Crippen LogP contribution in [0.3, 0.4) is 0 Å². The van der Waals surface area contributed by atoms with Crippen molar-refractivity contribution in [2.75, 3.05) is 33.9 Å². The zero-order chi connectivity index (χ0) is 17.4. The number of urea groups is 1. The number of carbonyl (C=O) groups excluding carboxylic acids is 1. The summed E-state index contributed by atoms with van der Waals surface area (Å²) < 4.78 is 10.7. The first-order chi connectivity index (χ1) is 11.0. The van der Waals surface area contributed by atoms with Crippen molar-refractivity contribution in [3.05, 3.63) is 23.8 Å². The number of hydrogen-bond acceptors (Lipinski definition) is 3. The third-order valence-corrected chi connectivity index (χ3v) is 4.16. The molecule has 5 nitrogen and oxygen atoms in total. The molecule has 1 aromatic rings. The number of nitrogens with one attached hydrogen (secondary N) is 1. The molecule has 0 aromatic heterocycles. The molecule has 0 aliphatic rings. The number of methoxy groups -OCH3 is 2. The van der Waals surface area contributed by atoms with Crippen LogP contribution in [0.25, 0.3) is 0 Å². The summed E-state index contributed by atoms with van der Waals surface area (Å²) in [5.74, 6) is 2.04. The van der Waals surface area contributed by atoms with Gasteiger partial charge in [-0.1, -0.05) is 19.9 Å². The van der Waals surface area contributed by atoms with Crippen LogP contribution in [-0.4, -0.2) is 44.8 Å². The van der Waals surface area contributed by atoms with Crippen molar-refractivity contribution in [1.29, 1.82) is 0 Å². The van der Waals surface area contributed by atoms with E-state index in [1.807, 2.05) is 32.0 Å².